The molecule has 1 fully saturated rings. The standard InChI is InChI=1S/C28H38N6O2/c1-33(24-12-4-8-21-9-5-13-29-26(21)24)20-25-31-23-11-3-2-10-22(27(23)32-25)28(35)30-14-6-15-34-16-7-18-36-19-17-34/h2-3,5,9-10,13,24H,4,6-8,11-12,14-20H2,1H3,(H,30,35)(H,31,32). The highest BCUT2D eigenvalue weighted by Gasteiger charge is 2.27. The molecule has 192 valence electrons. The van der Waals surface area contributed by atoms with Gasteiger partial charge in [-0.15, -0.1) is 0 Å². The van der Waals surface area contributed by atoms with Gasteiger partial charge in [0, 0.05) is 44.6 Å². The molecule has 0 saturated carbocycles. The van der Waals surface area contributed by atoms with Crippen LogP contribution in [0, 0.1) is 0 Å². The maximum atomic E-state index is 13.1. The van der Waals surface area contributed by atoms with E-state index in [4.69, 9.17) is 14.7 Å². The summed E-state index contributed by atoms with van der Waals surface area (Å²) in [5, 5.41) is 3.12. The van der Waals surface area contributed by atoms with E-state index in [1.54, 1.807) is 0 Å². The number of aryl methyl sites for hydroxylation is 1. The average Bonchev–Trinajstić information content (AvgIpc) is 3.05. The maximum Gasteiger partial charge on any atom is 0.253 e. The first kappa shape index (κ1) is 24.9. The molecule has 1 aliphatic heterocycles. The van der Waals surface area contributed by atoms with Gasteiger partial charge in [-0.1, -0.05) is 18.2 Å². The zero-order valence-electron chi connectivity index (χ0n) is 21.3. The van der Waals surface area contributed by atoms with Crippen LogP contribution < -0.4 is 5.32 Å². The minimum atomic E-state index is -0.0567. The summed E-state index contributed by atoms with van der Waals surface area (Å²) in [7, 11) is 2.14. The van der Waals surface area contributed by atoms with Crippen molar-refractivity contribution >= 4 is 11.5 Å². The van der Waals surface area contributed by atoms with Crippen molar-refractivity contribution < 1.29 is 9.53 Å². The van der Waals surface area contributed by atoms with E-state index in [-0.39, 0.29) is 11.9 Å². The van der Waals surface area contributed by atoms with Crippen molar-refractivity contribution in [3.05, 3.63) is 65.0 Å². The van der Waals surface area contributed by atoms with E-state index >= 15 is 0 Å². The van der Waals surface area contributed by atoms with Gasteiger partial charge < -0.3 is 19.9 Å². The first-order valence-corrected chi connectivity index (χ1v) is 13.4. The number of pyridine rings is 1. The molecule has 2 aromatic rings. The molecule has 1 unspecified atom stereocenters. The molecule has 0 radical (unpaired) electrons. The highest BCUT2D eigenvalue weighted by molar-refractivity contribution is 6.19. The minimum absolute atomic E-state index is 0.0567. The predicted molar refractivity (Wildman–Crippen MR) is 140 cm³/mol. The fourth-order valence-corrected chi connectivity index (χ4v) is 5.50. The van der Waals surface area contributed by atoms with Gasteiger partial charge in [0.05, 0.1) is 36.2 Å². The number of hydrogen-bond donors (Lipinski definition) is 2. The molecule has 8 heteroatoms. The molecule has 5 rings (SSSR count). The smallest absolute Gasteiger partial charge is 0.253 e. The normalized spacial score (nSPS) is 20.3. The quantitative estimate of drug-likeness (QED) is 0.553. The number of aromatic nitrogens is 3. The van der Waals surface area contributed by atoms with Gasteiger partial charge in [-0.3, -0.25) is 14.7 Å². The highest BCUT2D eigenvalue weighted by atomic mass is 16.5. The number of rotatable bonds is 8. The highest BCUT2D eigenvalue weighted by Crippen LogP contribution is 2.32. The third-order valence-electron chi connectivity index (χ3n) is 7.40. The minimum Gasteiger partial charge on any atom is -0.380 e. The second kappa shape index (κ2) is 12.0. The Morgan fingerprint density at radius 2 is 2.25 bits per heavy atom. The Bertz CT molecular complexity index is 1100. The summed E-state index contributed by atoms with van der Waals surface area (Å²) >= 11 is 0. The van der Waals surface area contributed by atoms with Crippen molar-refractivity contribution in [2.45, 2.75) is 51.1 Å². The molecule has 2 aromatic heterocycles. The third kappa shape index (κ3) is 5.94. The number of carbonyl (C=O) groups is 1. The van der Waals surface area contributed by atoms with Gasteiger partial charge in [0.25, 0.3) is 5.91 Å². The van der Waals surface area contributed by atoms with Crippen LogP contribution in [0.1, 0.15) is 60.2 Å². The maximum absolute atomic E-state index is 13.1. The van der Waals surface area contributed by atoms with E-state index in [0.717, 1.165) is 82.2 Å². The lowest BCUT2D eigenvalue weighted by molar-refractivity contribution is -0.115. The molecule has 3 aliphatic rings. The van der Waals surface area contributed by atoms with E-state index in [9.17, 15) is 4.79 Å². The number of allylic oxidation sites excluding steroid dienone is 3. The fraction of sp³-hybridized carbons (Fsp3) is 0.536. The molecular weight excluding hydrogens is 452 g/mol. The van der Waals surface area contributed by atoms with Crippen molar-refractivity contribution in [3.63, 3.8) is 0 Å². The Labute approximate surface area is 213 Å². The van der Waals surface area contributed by atoms with E-state index in [1.165, 1.54) is 17.7 Å². The van der Waals surface area contributed by atoms with Crippen LogP contribution in [0.4, 0.5) is 0 Å². The number of H-pyrrole nitrogens is 1. The van der Waals surface area contributed by atoms with Gasteiger partial charge in [0.1, 0.15) is 5.82 Å². The monoisotopic (exact) mass is 490 g/mol. The van der Waals surface area contributed by atoms with Crippen LogP contribution in [0.2, 0.25) is 0 Å². The summed E-state index contributed by atoms with van der Waals surface area (Å²) in [5.74, 6) is 0.835. The van der Waals surface area contributed by atoms with Crippen LogP contribution in [0.15, 0.2) is 36.6 Å². The molecule has 0 spiro atoms. The van der Waals surface area contributed by atoms with E-state index in [2.05, 4.69) is 39.3 Å². The van der Waals surface area contributed by atoms with Gasteiger partial charge in [0.2, 0.25) is 0 Å². The third-order valence-corrected chi connectivity index (χ3v) is 7.40. The zero-order chi connectivity index (χ0) is 24.7. The molecule has 3 heterocycles. The summed E-state index contributed by atoms with van der Waals surface area (Å²) < 4.78 is 5.53. The summed E-state index contributed by atoms with van der Waals surface area (Å²) in [4.78, 5) is 31.0. The topological polar surface area (TPSA) is 86.4 Å². The Balaban J connectivity index is 1.20. The molecule has 0 aromatic carbocycles. The Morgan fingerprint density at radius 3 is 3.19 bits per heavy atom. The van der Waals surface area contributed by atoms with Crippen molar-refractivity contribution in [2.24, 2.45) is 0 Å². The number of imidazole rings is 1. The first-order valence-electron chi connectivity index (χ1n) is 13.4. The van der Waals surface area contributed by atoms with Gasteiger partial charge >= 0.3 is 0 Å². The zero-order valence-corrected chi connectivity index (χ0v) is 21.3. The van der Waals surface area contributed by atoms with Crippen LogP contribution in [-0.4, -0.2) is 77.1 Å². The number of carbonyl (C=O) groups excluding carboxylic acids is 1. The summed E-state index contributed by atoms with van der Waals surface area (Å²) in [6.45, 7) is 6.01. The number of aromatic amines is 1. The number of nitrogens with zero attached hydrogens (tertiary/aromatic N) is 4. The van der Waals surface area contributed by atoms with E-state index in [1.807, 2.05) is 24.4 Å². The second-order valence-electron chi connectivity index (χ2n) is 10.0. The fourth-order valence-electron chi connectivity index (χ4n) is 5.50. The number of fused-ring (bicyclic) bond motifs is 2. The van der Waals surface area contributed by atoms with Crippen molar-refractivity contribution in [1.29, 1.82) is 0 Å². The van der Waals surface area contributed by atoms with Crippen LogP contribution in [0.25, 0.3) is 5.57 Å². The van der Waals surface area contributed by atoms with Gasteiger partial charge in [-0.2, -0.15) is 0 Å². The Morgan fingerprint density at radius 1 is 1.31 bits per heavy atom. The van der Waals surface area contributed by atoms with Crippen LogP contribution >= 0.6 is 0 Å². The molecule has 36 heavy (non-hydrogen) atoms. The van der Waals surface area contributed by atoms with Crippen molar-refractivity contribution in [3.8, 4) is 0 Å². The number of amides is 1. The molecule has 1 amide bonds. The molecule has 1 saturated heterocycles. The van der Waals surface area contributed by atoms with Crippen molar-refractivity contribution in [1.82, 2.24) is 30.1 Å². The van der Waals surface area contributed by atoms with Crippen LogP contribution in [-0.2, 0) is 28.9 Å². The van der Waals surface area contributed by atoms with Crippen LogP contribution in [0.5, 0.6) is 0 Å². The number of hydrogen-bond acceptors (Lipinski definition) is 6. The number of ether oxygens (including phenoxy) is 1. The first-order chi connectivity index (χ1) is 17.7. The molecule has 2 aliphatic carbocycles. The average molecular weight is 491 g/mol. The van der Waals surface area contributed by atoms with Gasteiger partial charge in [0.15, 0.2) is 0 Å². The van der Waals surface area contributed by atoms with E-state index < -0.39 is 0 Å². The molecule has 0 bridgehead atoms. The second-order valence-corrected chi connectivity index (χ2v) is 10.0. The molecular formula is C28H38N6O2. The lowest BCUT2D eigenvalue weighted by Gasteiger charge is -2.31. The van der Waals surface area contributed by atoms with Gasteiger partial charge in [-0.25, -0.2) is 4.98 Å². The molecule has 2 N–H and O–H groups in total. The Kier molecular flexibility index (Phi) is 8.25. The summed E-state index contributed by atoms with van der Waals surface area (Å²) in [5.41, 5.74) is 4.95. The number of nitrogens with one attached hydrogen (secondary N) is 2. The van der Waals surface area contributed by atoms with Crippen LogP contribution in [0.3, 0.4) is 0 Å². The lowest BCUT2D eigenvalue weighted by Crippen LogP contribution is -2.32. The van der Waals surface area contributed by atoms with Crippen molar-refractivity contribution in [2.75, 3.05) is 46.4 Å². The van der Waals surface area contributed by atoms with Gasteiger partial charge in [-0.05, 0) is 63.4 Å². The molecule has 1 atom stereocenters. The molecule has 8 nitrogen and oxygen atoms in total. The summed E-state index contributed by atoms with van der Waals surface area (Å²) in [6.07, 6.45) is 13.9. The lowest BCUT2D eigenvalue weighted by atomic mass is 9.91. The summed E-state index contributed by atoms with van der Waals surface area (Å²) in [6, 6.07) is 4.51. The van der Waals surface area contributed by atoms with E-state index in [0.29, 0.717) is 18.7 Å². The Hall–Kier alpha value is -2.81. The predicted octanol–water partition coefficient (Wildman–Crippen LogP) is 3.04. The SMILES string of the molecule is CN(Cc1nc2c([nH]1)CC=CC=C2C(=O)NCCCN1CCCOCC1)C1CCCc2cccnc21. The largest absolute Gasteiger partial charge is 0.380 e.